The SMILES string of the molecule is CN1CCCC2CCCCCCCCCC2CCC1. The molecule has 1 aliphatic heterocycles. The van der Waals surface area contributed by atoms with Crippen LogP contribution in [0.1, 0.15) is 83.5 Å². The van der Waals surface area contributed by atoms with Gasteiger partial charge in [0.15, 0.2) is 0 Å². The van der Waals surface area contributed by atoms with Gasteiger partial charge >= 0.3 is 0 Å². The lowest BCUT2D eigenvalue weighted by atomic mass is 9.79. The summed E-state index contributed by atoms with van der Waals surface area (Å²) in [6, 6.07) is 0. The van der Waals surface area contributed by atoms with E-state index in [-0.39, 0.29) is 0 Å². The van der Waals surface area contributed by atoms with Crippen molar-refractivity contribution in [1.82, 2.24) is 4.90 Å². The fraction of sp³-hybridized carbons (Fsp3) is 1.00. The second-order valence-electron chi connectivity index (χ2n) is 7.16. The van der Waals surface area contributed by atoms with E-state index in [2.05, 4.69) is 11.9 Å². The summed E-state index contributed by atoms with van der Waals surface area (Å²) >= 11 is 0. The van der Waals surface area contributed by atoms with Crippen LogP contribution < -0.4 is 0 Å². The lowest BCUT2D eigenvalue weighted by Gasteiger charge is -2.26. The Labute approximate surface area is 121 Å². The Bertz CT molecular complexity index is 204. The molecule has 1 heteroatoms. The van der Waals surface area contributed by atoms with Crippen LogP contribution >= 0.6 is 0 Å². The van der Waals surface area contributed by atoms with Crippen molar-refractivity contribution in [2.75, 3.05) is 20.1 Å². The first-order valence-corrected chi connectivity index (χ1v) is 9.05. The third kappa shape index (κ3) is 5.85. The topological polar surface area (TPSA) is 3.24 Å². The van der Waals surface area contributed by atoms with Crippen LogP contribution in [0.3, 0.4) is 0 Å². The first kappa shape index (κ1) is 15.4. The normalized spacial score (nSPS) is 33.3. The molecule has 2 rings (SSSR count). The van der Waals surface area contributed by atoms with Crippen LogP contribution in [0.4, 0.5) is 0 Å². The van der Waals surface area contributed by atoms with Crippen molar-refractivity contribution in [3.05, 3.63) is 0 Å². The molecule has 0 aromatic carbocycles. The minimum absolute atomic E-state index is 1.06. The first-order valence-electron chi connectivity index (χ1n) is 9.05. The average Bonchev–Trinajstić information content (AvgIpc) is 2.45. The summed E-state index contributed by atoms with van der Waals surface area (Å²) < 4.78 is 0. The van der Waals surface area contributed by atoms with Crippen LogP contribution in [0.5, 0.6) is 0 Å². The summed E-state index contributed by atoms with van der Waals surface area (Å²) in [6.07, 6.45) is 19.5. The summed E-state index contributed by atoms with van der Waals surface area (Å²) in [5, 5.41) is 0. The standard InChI is InChI=1S/C18H35N/c1-19-15-9-13-17-11-7-5-3-2-4-6-8-12-18(17)14-10-16-19/h17-18H,2-16H2,1H3. The van der Waals surface area contributed by atoms with Crippen LogP contribution in [0.2, 0.25) is 0 Å². The second kappa shape index (κ2) is 9.00. The third-order valence-electron chi connectivity index (χ3n) is 5.55. The van der Waals surface area contributed by atoms with Gasteiger partial charge in [0.2, 0.25) is 0 Å². The summed E-state index contributed by atoms with van der Waals surface area (Å²) in [6.45, 7) is 2.67. The quantitative estimate of drug-likeness (QED) is 0.578. The van der Waals surface area contributed by atoms with Gasteiger partial charge < -0.3 is 4.90 Å². The molecule has 1 aliphatic carbocycles. The van der Waals surface area contributed by atoms with Crippen molar-refractivity contribution in [3.8, 4) is 0 Å². The molecule has 2 atom stereocenters. The molecule has 0 radical (unpaired) electrons. The van der Waals surface area contributed by atoms with E-state index >= 15 is 0 Å². The molecule has 19 heavy (non-hydrogen) atoms. The predicted molar refractivity (Wildman–Crippen MR) is 84.5 cm³/mol. The molecule has 1 saturated carbocycles. The molecule has 1 saturated heterocycles. The number of rotatable bonds is 0. The number of hydrogen-bond donors (Lipinski definition) is 0. The molecule has 2 fully saturated rings. The smallest absolute Gasteiger partial charge is 0.00217 e. The summed E-state index contributed by atoms with van der Waals surface area (Å²) in [4.78, 5) is 2.56. The van der Waals surface area contributed by atoms with Crippen LogP contribution in [-0.4, -0.2) is 25.0 Å². The molecule has 0 N–H and O–H groups in total. The zero-order chi connectivity index (χ0) is 13.3. The van der Waals surface area contributed by atoms with E-state index < -0.39 is 0 Å². The van der Waals surface area contributed by atoms with Gasteiger partial charge in [-0.15, -0.1) is 0 Å². The molecular formula is C18H35N. The molecule has 2 unspecified atom stereocenters. The maximum absolute atomic E-state index is 2.56. The molecule has 1 nitrogen and oxygen atoms in total. The van der Waals surface area contributed by atoms with E-state index in [1.165, 1.54) is 96.6 Å². The van der Waals surface area contributed by atoms with Crippen LogP contribution in [0, 0.1) is 11.8 Å². The number of nitrogens with zero attached hydrogens (tertiary/aromatic N) is 1. The minimum Gasteiger partial charge on any atom is -0.306 e. The highest BCUT2D eigenvalue weighted by Crippen LogP contribution is 2.33. The Morgan fingerprint density at radius 2 is 0.895 bits per heavy atom. The van der Waals surface area contributed by atoms with Crippen molar-refractivity contribution in [1.29, 1.82) is 0 Å². The Kier molecular flexibility index (Phi) is 7.27. The van der Waals surface area contributed by atoms with Crippen molar-refractivity contribution >= 4 is 0 Å². The zero-order valence-electron chi connectivity index (χ0n) is 13.2. The van der Waals surface area contributed by atoms with Crippen LogP contribution in [0.15, 0.2) is 0 Å². The molecule has 0 bridgehead atoms. The van der Waals surface area contributed by atoms with E-state index in [0.717, 1.165) is 11.8 Å². The van der Waals surface area contributed by atoms with Gasteiger partial charge in [-0.05, 0) is 57.7 Å². The highest BCUT2D eigenvalue weighted by atomic mass is 15.1. The fourth-order valence-electron chi connectivity index (χ4n) is 4.29. The molecule has 2 aliphatic rings. The lowest BCUT2D eigenvalue weighted by molar-refractivity contribution is 0.251. The number of fused-ring (bicyclic) bond motifs is 1. The highest BCUT2D eigenvalue weighted by molar-refractivity contribution is 4.75. The molecule has 0 aromatic rings. The first-order chi connectivity index (χ1) is 9.36. The summed E-state index contributed by atoms with van der Waals surface area (Å²) in [5.41, 5.74) is 0. The Morgan fingerprint density at radius 1 is 0.526 bits per heavy atom. The van der Waals surface area contributed by atoms with Gasteiger partial charge in [0.1, 0.15) is 0 Å². The third-order valence-corrected chi connectivity index (χ3v) is 5.55. The van der Waals surface area contributed by atoms with E-state index in [1.54, 1.807) is 0 Å². The van der Waals surface area contributed by atoms with Gasteiger partial charge in [-0.2, -0.15) is 0 Å². The van der Waals surface area contributed by atoms with Gasteiger partial charge in [-0.3, -0.25) is 0 Å². The van der Waals surface area contributed by atoms with E-state index in [0.29, 0.717) is 0 Å². The molecular weight excluding hydrogens is 230 g/mol. The van der Waals surface area contributed by atoms with Crippen molar-refractivity contribution in [3.63, 3.8) is 0 Å². The Hall–Kier alpha value is -0.0400. The maximum atomic E-state index is 2.56. The summed E-state index contributed by atoms with van der Waals surface area (Å²) in [5.74, 6) is 2.12. The summed E-state index contributed by atoms with van der Waals surface area (Å²) in [7, 11) is 2.31. The zero-order valence-corrected chi connectivity index (χ0v) is 13.2. The number of hydrogen-bond acceptors (Lipinski definition) is 1. The van der Waals surface area contributed by atoms with Gasteiger partial charge in [0.05, 0.1) is 0 Å². The monoisotopic (exact) mass is 265 g/mol. The maximum Gasteiger partial charge on any atom is -0.00217 e. The lowest BCUT2D eigenvalue weighted by Crippen LogP contribution is -2.20. The molecule has 0 amide bonds. The van der Waals surface area contributed by atoms with Crippen molar-refractivity contribution < 1.29 is 0 Å². The van der Waals surface area contributed by atoms with E-state index in [9.17, 15) is 0 Å². The molecule has 0 aromatic heterocycles. The van der Waals surface area contributed by atoms with E-state index in [1.807, 2.05) is 0 Å². The van der Waals surface area contributed by atoms with Crippen LogP contribution in [0.25, 0.3) is 0 Å². The molecule has 0 spiro atoms. The average molecular weight is 265 g/mol. The Morgan fingerprint density at radius 3 is 1.37 bits per heavy atom. The van der Waals surface area contributed by atoms with Crippen molar-refractivity contribution in [2.24, 2.45) is 11.8 Å². The van der Waals surface area contributed by atoms with E-state index in [4.69, 9.17) is 0 Å². The molecule has 1 heterocycles. The van der Waals surface area contributed by atoms with Crippen molar-refractivity contribution in [2.45, 2.75) is 83.5 Å². The minimum atomic E-state index is 1.06. The molecule has 112 valence electrons. The highest BCUT2D eigenvalue weighted by Gasteiger charge is 2.22. The fourth-order valence-corrected chi connectivity index (χ4v) is 4.29. The van der Waals surface area contributed by atoms with Gasteiger partial charge in [-0.25, -0.2) is 0 Å². The van der Waals surface area contributed by atoms with Gasteiger partial charge in [-0.1, -0.05) is 57.8 Å². The van der Waals surface area contributed by atoms with Crippen LogP contribution in [-0.2, 0) is 0 Å². The van der Waals surface area contributed by atoms with Gasteiger partial charge in [0.25, 0.3) is 0 Å². The van der Waals surface area contributed by atoms with Gasteiger partial charge in [0, 0.05) is 0 Å². The Balaban J connectivity index is 1.90. The largest absolute Gasteiger partial charge is 0.306 e. The second-order valence-corrected chi connectivity index (χ2v) is 7.16. The predicted octanol–water partition coefficient (Wildman–Crippen LogP) is 5.25.